The first kappa shape index (κ1) is 21.0. The smallest absolute Gasteiger partial charge is 0.319 e. The number of hydrogen-bond donors (Lipinski definition) is 3. The van der Waals surface area contributed by atoms with Gasteiger partial charge in [0.2, 0.25) is 10.0 Å². The van der Waals surface area contributed by atoms with Crippen LogP contribution in [0.1, 0.15) is 0 Å². The van der Waals surface area contributed by atoms with Gasteiger partial charge in [-0.05, 0) is 24.3 Å². The largest absolute Gasteiger partial charge is 0.337 e. The van der Waals surface area contributed by atoms with E-state index in [4.69, 9.17) is 0 Å². The number of nitro groups is 1. The van der Waals surface area contributed by atoms with Crippen molar-refractivity contribution in [2.24, 2.45) is 0 Å². The summed E-state index contributed by atoms with van der Waals surface area (Å²) < 4.78 is 28.4. The van der Waals surface area contributed by atoms with Crippen molar-refractivity contribution in [3.05, 3.63) is 77.1 Å². The number of sulfonamides is 1. The number of rotatable bonds is 8. The monoisotopic (exact) mass is 430 g/mol. The molecule has 0 aliphatic carbocycles. The molecule has 3 aromatic rings. The van der Waals surface area contributed by atoms with Gasteiger partial charge in [-0.25, -0.2) is 22.6 Å². The van der Waals surface area contributed by atoms with Crippen LogP contribution in [0.4, 0.5) is 16.2 Å². The van der Waals surface area contributed by atoms with Crippen molar-refractivity contribution in [1.82, 2.24) is 19.8 Å². The first-order chi connectivity index (χ1) is 14.4. The number of nitrogens with one attached hydrogen (secondary N) is 3. The highest BCUT2D eigenvalue weighted by molar-refractivity contribution is 7.89. The molecule has 0 aliphatic heterocycles. The summed E-state index contributed by atoms with van der Waals surface area (Å²) in [6.07, 6.45) is 3.35. The van der Waals surface area contributed by atoms with E-state index in [9.17, 15) is 23.3 Å². The molecule has 0 fully saturated rings. The highest BCUT2D eigenvalue weighted by Crippen LogP contribution is 2.19. The van der Waals surface area contributed by atoms with Gasteiger partial charge in [0.05, 0.1) is 21.2 Å². The van der Waals surface area contributed by atoms with E-state index in [-0.39, 0.29) is 23.7 Å². The van der Waals surface area contributed by atoms with Gasteiger partial charge in [-0.2, -0.15) is 5.10 Å². The number of benzene rings is 2. The van der Waals surface area contributed by atoms with Crippen molar-refractivity contribution in [1.29, 1.82) is 0 Å². The second kappa shape index (κ2) is 9.15. The molecular formula is C18H18N6O5S. The average molecular weight is 430 g/mol. The first-order valence-corrected chi connectivity index (χ1v) is 10.2. The van der Waals surface area contributed by atoms with E-state index in [2.05, 4.69) is 20.5 Å². The summed E-state index contributed by atoms with van der Waals surface area (Å²) in [4.78, 5) is 22.0. The number of nitro benzene ring substituents is 1. The molecule has 0 spiro atoms. The number of carbonyl (C=O) groups is 1. The number of anilines is 1. The van der Waals surface area contributed by atoms with E-state index in [0.717, 1.165) is 6.07 Å². The molecule has 2 aromatic carbocycles. The van der Waals surface area contributed by atoms with Crippen LogP contribution < -0.4 is 15.4 Å². The fraction of sp³-hybridized carbons (Fsp3) is 0.111. The van der Waals surface area contributed by atoms with Crippen molar-refractivity contribution < 1.29 is 18.1 Å². The number of carbonyl (C=O) groups excluding carboxylic acids is 1. The van der Waals surface area contributed by atoms with Gasteiger partial charge < -0.3 is 10.6 Å². The number of para-hydroxylation sites is 2. The van der Waals surface area contributed by atoms with E-state index in [1.54, 1.807) is 41.3 Å². The molecule has 0 radical (unpaired) electrons. The van der Waals surface area contributed by atoms with E-state index in [0.29, 0.717) is 11.4 Å². The van der Waals surface area contributed by atoms with E-state index in [1.165, 1.54) is 18.2 Å². The SMILES string of the molecule is O=C(NCCNS(=O)(=O)c1cccc([N+](=O)[O-])c1)Nc1ccccc1-n1cccn1. The van der Waals surface area contributed by atoms with Gasteiger partial charge in [0.25, 0.3) is 5.69 Å². The molecule has 12 heteroatoms. The Morgan fingerprint density at radius 1 is 1.10 bits per heavy atom. The third kappa shape index (κ3) is 5.18. The minimum Gasteiger partial charge on any atom is -0.337 e. The van der Waals surface area contributed by atoms with Crippen LogP contribution in [-0.2, 0) is 10.0 Å². The Kier molecular flexibility index (Phi) is 6.39. The lowest BCUT2D eigenvalue weighted by molar-refractivity contribution is -0.385. The molecule has 3 rings (SSSR count). The Morgan fingerprint density at radius 3 is 2.63 bits per heavy atom. The van der Waals surface area contributed by atoms with Crippen molar-refractivity contribution in [2.75, 3.05) is 18.4 Å². The lowest BCUT2D eigenvalue weighted by Crippen LogP contribution is -2.37. The van der Waals surface area contributed by atoms with Crippen molar-refractivity contribution in [3.63, 3.8) is 0 Å². The Labute approximate surface area is 171 Å². The van der Waals surface area contributed by atoms with Crippen molar-refractivity contribution in [2.45, 2.75) is 4.90 Å². The van der Waals surface area contributed by atoms with E-state index < -0.39 is 21.0 Å². The van der Waals surface area contributed by atoms with Gasteiger partial charge in [-0.3, -0.25) is 10.1 Å². The number of non-ortho nitro benzene ring substituents is 1. The normalized spacial score (nSPS) is 11.1. The molecule has 30 heavy (non-hydrogen) atoms. The zero-order valence-corrected chi connectivity index (χ0v) is 16.4. The minimum absolute atomic E-state index is 0.00390. The van der Waals surface area contributed by atoms with Crippen LogP contribution in [0, 0.1) is 10.1 Å². The summed E-state index contributed by atoms with van der Waals surface area (Å²) >= 11 is 0. The Hall–Kier alpha value is -3.77. The third-order valence-corrected chi connectivity index (χ3v) is 5.40. The topological polar surface area (TPSA) is 148 Å². The highest BCUT2D eigenvalue weighted by Gasteiger charge is 2.17. The summed E-state index contributed by atoms with van der Waals surface area (Å²) in [6.45, 7) is -0.0941. The molecule has 0 saturated heterocycles. The quantitative estimate of drug-likeness (QED) is 0.282. The van der Waals surface area contributed by atoms with Crippen molar-refractivity contribution >= 4 is 27.4 Å². The van der Waals surface area contributed by atoms with Gasteiger partial charge in [-0.15, -0.1) is 0 Å². The van der Waals surface area contributed by atoms with Gasteiger partial charge in [0, 0.05) is 37.6 Å². The number of urea groups is 1. The van der Waals surface area contributed by atoms with Gasteiger partial charge >= 0.3 is 6.03 Å². The lowest BCUT2D eigenvalue weighted by atomic mass is 10.2. The first-order valence-electron chi connectivity index (χ1n) is 8.75. The summed E-state index contributed by atoms with van der Waals surface area (Å²) in [7, 11) is -3.95. The molecule has 0 aliphatic rings. The summed E-state index contributed by atoms with van der Waals surface area (Å²) in [5.41, 5.74) is 0.867. The standard InChI is InChI=1S/C18H18N6O5S/c25-18(22-16-7-1-2-8-17(16)23-12-4-9-20-23)19-10-11-21-30(28,29)15-6-3-5-14(13-15)24(26)27/h1-9,12-13,21H,10-11H2,(H2,19,22,25). The molecule has 156 valence electrons. The van der Waals surface area contributed by atoms with Gasteiger partial charge in [-0.1, -0.05) is 18.2 Å². The number of aromatic nitrogens is 2. The maximum atomic E-state index is 12.2. The molecule has 0 unspecified atom stereocenters. The van der Waals surface area contributed by atoms with E-state index >= 15 is 0 Å². The number of nitrogens with zero attached hydrogens (tertiary/aromatic N) is 3. The van der Waals surface area contributed by atoms with Crippen LogP contribution in [0.5, 0.6) is 0 Å². The number of hydrogen-bond acceptors (Lipinski definition) is 6. The average Bonchev–Trinajstić information content (AvgIpc) is 3.26. The maximum absolute atomic E-state index is 12.2. The Balaban J connectivity index is 1.53. The Bertz CT molecular complexity index is 1150. The van der Waals surface area contributed by atoms with Crippen LogP contribution in [0.25, 0.3) is 5.69 Å². The summed E-state index contributed by atoms with van der Waals surface area (Å²) in [5.74, 6) is 0. The molecule has 0 bridgehead atoms. The highest BCUT2D eigenvalue weighted by atomic mass is 32.2. The Morgan fingerprint density at radius 2 is 1.90 bits per heavy atom. The fourth-order valence-corrected chi connectivity index (χ4v) is 3.64. The zero-order chi connectivity index (χ0) is 21.6. The minimum atomic E-state index is -3.95. The molecule has 0 saturated carbocycles. The molecule has 0 atom stereocenters. The van der Waals surface area contributed by atoms with Crippen LogP contribution >= 0.6 is 0 Å². The fourth-order valence-electron chi connectivity index (χ4n) is 2.57. The van der Waals surface area contributed by atoms with Crippen LogP contribution in [0.3, 0.4) is 0 Å². The third-order valence-electron chi connectivity index (χ3n) is 3.94. The maximum Gasteiger partial charge on any atom is 0.319 e. The zero-order valence-electron chi connectivity index (χ0n) is 15.6. The number of amides is 2. The van der Waals surface area contributed by atoms with Gasteiger partial charge in [0.1, 0.15) is 0 Å². The summed E-state index contributed by atoms with van der Waals surface area (Å²) in [5, 5.41) is 20.2. The van der Waals surface area contributed by atoms with Crippen LogP contribution in [-0.4, -0.2) is 42.2 Å². The van der Waals surface area contributed by atoms with Crippen LogP contribution in [0.15, 0.2) is 71.9 Å². The predicted octanol–water partition coefficient (Wildman–Crippen LogP) is 1.88. The molecule has 3 N–H and O–H groups in total. The van der Waals surface area contributed by atoms with Crippen molar-refractivity contribution in [3.8, 4) is 5.69 Å². The molecule has 2 amide bonds. The second-order valence-corrected chi connectivity index (χ2v) is 7.77. The molecule has 11 nitrogen and oxygen atoms in total. The van der Waals surface area contributed by atoms with Gasteiger partial charge in [0.15, 0.2) is 0 Å². The second-order valence-electron chi connectivity index (χ2n) is 6.00. The molecular weight excluding hydrogens is 412 g/mol. The lowest BCUT2D eigenvalue weighted by Gasteiger charge is -2.12. The predicted molar refractivity (Wildman–Crippen MR) is 109 cm³/mol. The summed E-state index contributed by atoms with van der Waals surface area (Å²) in [6, 6.07) is 13.0. The van der Waals surface area contributed by atoms with Crippen LogP contribution in [0.2, 0.25) is 0 Å². The molecule has 1 heterocycles. The van der Waals surface area contributed by atoms with E-state index in [1.807, 2.05) is 6.07 Å². The molecule has 1 aromatic heterocycles.